The van der Waals surface area contributed by atoms with Gasteiger partial charge in [-0.15, -0.1) is 0 Å². The topological polar surface area (TPSA) is 29.5 Å². The predicted molar refractivity (Wildman–Crippen MR) is 78.2 cm³/mol. The quantitative estimate of drug-likeness (QED) is 0.615. The van der Waals surface area contributed by atoms with Gasteiger partial charge in [-0.1, -0.05) is 32.9 Å². The van der Waals surface area contributed by atoms with E-state index in [0.29, 0.717) is 11.5 Å². The summed E-state index contributed by atoms with van der Waals surface area (Å²) >= 11 is 0. The SMILES string of the molecule is CC(=O)C(=CN(C)C)Oc1ccc(C(C)(C)C)cc1. The van der Waals surface area contributed by atoms with Gasteiger partial charge >= 0.3 is 0 Å². The van der Waals surface area contributed by atoms with Crippen LogP contribution in [-0.2, 0) is 10.2 Å². The summed E-state index contributed by atoms with van der Waals surface area (Å²) in [5.74, 6) is 0.929. The Morgan fingerprint density at radius 3 is 2.05 bits per heavy atom. The Hall–Kier alpha value is -1.77. The van der Waals surface area contributed by atoms with E-state index in [1.54, 1.807) is 11.1 Å². The first-order chi connectivity index (χ1) is 8.70. The average Bonchev–Trinajstić information content (AvgIpc) is 2.27. The molecule has 1 aromatic carbocycles. The van der Waals surface area contributed by atoms with Gasteiger partial charge < -0.3 is 9.64 Å². The second-order valence-electron chi connectivity index (χ2n) is 5.89. The van der Waals surface area contributed by atoms with Crippen molar-refractivity contribution in [3.05, 3.63) is 41.8 Å². The Balaban J connectivity index is 2.90. The highest BCUT2D eigenvalue weighted by atomic mass is 16.5. The van der Waals surface area contributed by atoms with Gasteiger partial charge in [0.05, 0.1) is 0 Å². The van der Waals surface area contributed by atoms with Crippen molar-refractivity contribution in [1.82, 2.24) is 4.90 Å². The van der Waals surface area contributed by atoms with Gasteiger partial charge in [0.25, 0.3) is 0 Å². The average molecular weight is 261 g/mol. The normalized spacial score (nSPS) is 12.2. The van der Waals surface area contributed by atoms with Crippen LogP contribution in [0.1, 0.15) is 33.3 Å². The van der Waals surface area contributed by atoms with Crippen molar-refractivity contribution < 1.29 is 9.53 Å². The largest absolute Gasteiger partial charge is 0.452 e. The van der Waals surface area contributed by atoms with Gasteiger partial charge in [0, 0.05) is 27.2 Å². The highest BCUT2D eigenvalue weighted by molar-refractivity contribution is 5.91. The molecule has 104 valence electrons. The van der Waals surface area contributed by atoms with E-state index in [1.807, 2.05) is 38.4 Å². The van der Waals surface area contributed by atoms with Gasteiger partial charge in [-0.05, 0) is 23.1 Å². The first-order valence-electron chi connectivity index (χ1n) is 6.38. The van der Waals surface area contributed by atoms with Crippen LogP contribution in [0.4, 0.5) is 0 Å². The molecule has 0 N–H and O–H groups in total. The molecular formula is C16H23NO2. The summed E-state index contributed by atoms with van der Waals surface area (Å²) in [6.45, 7) is 7.99. The molecule has 0 amide bonds. The number of rotatable bonds is 4. The van der Waals surface area contributed by atoms with Gasteiger partial charge in [0.1, 0.15) is 5.75 Å². The van der Waals surface area contributed by atoms with E-state index < -0.39 is 0 Å². The molecule has 3 heteroatoms. The molecule has 0 saturated carbocycles. The minimum absolute atomic E-state index is 0.0893. The van der Waals surface area contributed by atoms with Crippen molar-refractivity contribution in [1.29, 1.82) is 0 Å². The third-order valence-corrected chi connectivity index (χ3v) is 2.67. The zero-order valence-corrected chi connectivity index (χ0v) is 12.7. The Labute approximate surface area is 115 Å². The highest BCUT2D eigenvalue weighted by Crippen LogP contribution is 2.25. The number of nitrogens with zero attached hydrogens (tertiary/aromatic N) is 1. The molecule has 0 fully saturated rings. The number of allylic oxidation sites excluding steroid dienone is 1. The molecule has 0 heterocycles. The fourth-order valence-electron chi connectivity index (χ4n) is 1.57. The lowest BCUT2D eigenvalue weighted by Gasteiger charge is -2.19. The molecule has 1 rings (SSSR count). The van der Waals surface area contributed by atoms with Gasteiger partial charge in [-0.3, -0.25) is 4.79 Å². The van der Waals surface area contributed by atoms with Gasteiger partial charge in [-0.25, -0.2) is 0 Å². The summed E-state index contributed by atoms with van der Waals surface area (Å²) in [4.78, 5) is 13.3. The molecular weight excluding hydrogens is 238 g/mol. The molecule has 3 nitrogen and oxygen atoms in total. The predicted octanol–water partition coefficient (Wildman–Crippen LogP) is 3.35. The molecule has 0 aliphatic heterocycles. The van der Waals surface area contributed by atoms with E-state index in [9.17, 15) is 4.79 Å². The van der Waals surface area contributed by atoms with Crippen LogP contribution in [0.25, 0.3) is 0 Å². The van der Waals surface area contributed by atoms with Crippen LogP contribution in [0.5, 0.6) is 5.75 Å². The summed E-state index contributed by atoms with van der Waals surface area (Å²) < 4.78 is 5.62. The lowest BCUT2D eigenvalue weighted by atomic mass is 9.87. The smallest absolute Gasteiger partial charge is 0.196 e. The Bertz CT molecular complexity index is 465. The van der Waals surface area contributed by atoms with Gasteiger partial charge in [0.15, 0.2) is 11.5 Å². The molecule has 1 aromatic rings. The number of benzene rings is 1. The first kappa shape index (κ1) is 15.3. The lowest BCUT2D eigenvalue weighted by molar-refractivity contribution is -0.115. The van der Waals surface area contributed by atoms with Crippen LogP contribution < -0.4 is 4.74 Å². The Morgan fingerprint density at radius 1 is 1.16 bits per heavy atom. The molecule has 0 aliphatic carbocycles. The molecule has 0 radical (unpaired) electrons. The van der Waals surface area contributed by atoms with Crippen molar-refractivity contribution in [3.8, 4) is 5.75 Å². The molecule has 0 aromatic heterocycles. The molecule has 0 spiro atoms. The zero-order valence-electron chi connectivity index (χ0n) is 12.7. The number of carbonyl (C=O) groups excluding carboxylic acids is 1. The van der Waals surface area contributed by atoms with Crippen LogP contribution in [0, 0.1) is 0 Å². The van der Waals surface area contributed by atoms with Crippen molar-refractivity contribution in [2.75, 3.05) is 14.1 Å². The van der Waals surface area contributed by atoms with Crippen LogP contribution in [-0.4, -0.2) is 24.8 Å². The maximum Gasteiger partial charge on any atom is 0.196 e. The van der Waals surface area contributed by atoms with E-state index in [1.165, 1.54) is 12.5 Å². The fourth-order valence-corrected chi connectivity index (χ4v) is 1.57. The lowest BCUT2D eigenvalue weighted by Crippen LogP contribution is -2.12. The molecule has 0 unspecified atom stereocenters. The summed E-state index contributed by atoms with van der Waals surface area (Å²) in [5.41, 5.74) is 1.35. The number of Topliss-reactive ketones (excluding diaryl/α,β-unsaturated/α-hetero) is 1. The van der Waals surface area contributed by atoms with Crippen molar-refractivity contribution in [2.24, 2.45) is 0 Å². The van der Waals surface area contributed by atoms with E-state index in [-0.39, 0.29) is 11.2 Å². The van der Waals surface area contributed by atoms with Crippen molar-refractivity contribution in [3.63, 3.8) is 0 Å². The van der Waals surface area contributed by atoms with E-state index in [4.69, 9.17) is 4.74 Å². The standard InChI is InChI=1S/C16H23NO2/c1-12(18)15(11-17(5)6)19-14-9-7-13(8-10-14)16(2,3)4/h7-11H,1-6H3. The molecule has 0 saturated heterocycles. The fraction of sp³-hybridized carbons (Fsp3) is 0.438. The van der Waals surface area contributed by atoms with Crippen LogP contribution in [0.15, 0.2) is 36.2 Å². The van der Waals surface area contributed by atoms with Crippen molar-refractivity contribution >= 4 is 5.78 Å². The minimum Gasteiger partial charge on any atom is -0.452 e. The van der Waals surface area contributed by atoms with E-state index in [0.717, 1.165) is 0 Å². The molecule has 0 atom stereocenters. The maximum absolute atomic E-state index is 11.5. The second-order valence-corrected chi connectivity index (χ2v) is 5.89. The maximum atomic E-state index is 11.5. The number of hydrogen-bond donors (Lipinski definition) is 0. The van der Waals surface area contributed by atoms with Crippen LogP contribution in [0.3, 0.4) is 0 Å². The van der Waals surface area contributed by atoms with E-state index >= 15 is 0 Å². The first-order valence-corrected chi connectivity index (χ1v) is 6.38. The summed E-state index contributed by atoms with van der Waals surface area (Å²) in [6, 6.07) is 7.85. The zero-order chi connectivity index (χ0) is 14.6. The monoisotopic (exact) mass is 261 g/mol. The number of hydrogen-bond acceptors (Lipinski definition) is 3. The second kappa shape index (κ2) is 5.91. The van der Waals surface area contributed by atoms with Crippen LogP contribution in [0.2, 0.25) is 0 Å². The van der Waals surface area contributed by atoms with Crippen LogP contribution >= 0.6 is 0 Å². The number of ketones is 1. The number of ether oxygens (including phenoxy) is 1. The molecule has 0 bridgehead atoms. The third-order valence-electron chi connectivity index (χ3n) is 2.67. The number of carbonyl (C=O) groups is 1. The molecule has 0 aliphatic rings. The summed E-state index contributed by atoms with van der Waals surface area (Å²) in [6.07, 6.45) is 1.68. The highest BCUT2D eigenvalue weighted by Gasteiger charge is 2.14. The van der Waals surface area contributed by atoms with E-state index in [2.05, 4.69) is 20.8 Å². The third kappa shape index (κ3) is 4.78. The summed E-state index contributed by atoms with van der Waals surface area (Å²) in [5, 5.41) is 0. The summed E-state index contributed by atoms with van der Waals surface area (Å²) in [7, 11) is 3.71. The molecule has 19 heavy (non-hydrogen) atoms. The van der Waals surface area contributed by atoms with Gasteiger partial charge in [0.2, 0.25) is 0 Å². The Morgan fingerprint density at radius 2 is 1.68 bits per heavy atom. The minimum atomic E-state index is -0.0893. The van der Waals surface area contributed by atoms with Crippen molar-refractivity contribution in [2.45, 2.75) is 33.1 Å². The van der Waals surface area contributed by atoms with Gasteiger partial charge in [-0.2, -0.15) is 0 Å². The Kier molecular flexibility index (Phi) is 4.76.